The van der Waals surface area contributed by atoms with Crippen LogP contribution in [0.1, 0.15) is 42.9 Å². The van der Waals surface area contributed by atoms with Gasteiger partial charge in [0.25, 0.3) is 0 Å². The highest BCUT2D eigenvalue weighted by atomic mass is 16.5. The molecule has 110 valence electrons. The number of carbonyl (C=O) groups is 1. The quantitative estimate of drug-likeness (QED) is 0.589. The van der Waals surface area contributed by atoms with E-state index >= 15 is 0 Å². The van der Waals surface area contributed by atoms with Crippen LogP contribution in [0.25, 0.3) is 0 Å². The smallest absolute Gasteiger partial charge is 0.311 e. The Labute approximate surface area is 126 Å². The van der Waals surface area contributed by atoms with E-state index in [4.69, 9.17) is 4.74 Å². The molecule has 0 aliphatic carbocycles. The topological polar surface area (TPSA) is 26.3 Å². The van der Waals surface area contributed by atoms with Gasteiger partial charge in [0.05, 0.1) is 0 Å². The first-order valence-corrected chi connectivity index (χ1v) is 7.41. The van der Waals surface area contributed by atoms with Crippen molar-refractivity contribution in [1.29, 1.82) is 0 Å². The number of aryl methyl sites for hydroxylation is 2. The molecule has 0 spiro atoms. The van der Waals surface area contributed by atoms with Gasteiger partial charge in [-0.1, -0.05) is 55.8 Å². The summed E-state index contributed by atoms with van der Waals surface area (Å²) >= 11 is 0. The Hall–Kier alpha value is -2.09. The molecule has 2 heteroatoms. The average molecular weight is 282 g/mol. The third kappa shape index (κ3) is 4.75. The van der Waals surface area contributed by atoms with Gasteiger partial charge in [0.2, 0.25) is 0 Å². The van der Waals surface area contributed by atoms with Crippen molar-refractivity contribution in [3.8, 4) is 5.75 Å². The normalized spacial score (nSPS) is 10.7. The van der Waals surface area contributed by atoms with Gasteiger partial charge in [0, 0.05) is 6.42 Å². The summed E-state index contributed by atoms with van der Waals surface area (Å²) in [5.74, 6) is 0.957. The Morgan fingerprint density at radius 1 is 1.00 bits per heavy atom. The molecule has 2 nitrogen and oxygen atoms in total. The van der Waals surface area contributed by atoms with Crippen LogP contribution in [-0.2, 0) is 11.2 Å². The molecular formula is C19H22O2. The molecule has 0 radical (unpaired) electrons. The van der Waals surface area contributed by atoms with Gasteiger partial charge in [-0.25, -0.2) is 0 Å². The average Bonchev–Trinajstić information content (AvgIpc) is 2.48. The number of ether oxygens (including phenoxy) is 1. The summed E-state index contributed by atoms with van der Waals surface area (Å²) in [5, 5.41) is 0. The lowest BCUT2D eigenvalue weighted by molar-refractivity contribution is -0.134. The first-order chi connectivity index (χ1) is 10.0. The third-order valence-electron chi connectivity index (χ3n) is 3.52. The van der Waals surface area contributed by atoms with Crippen molar-refractivity contribution in [1.82, 2.24) is 0 Å². The predicted octanol–water partition coefficient (Wildman–Crippen LogP) is 4.66. The molecule has 0 amide bonds. The molecule has 0 fully saturated rings. The maximum atomic E-state index is 11.8. The second-order valence-electron chi connectivity index (χ2n) is 5.68. The zero-order valence-corrected chi connectivity index (χ0v) is 12.9. The molecule has 0 saturated heterocycles. The van der Waals surface area contributed by atoms with Crippen LogP contribution in [0, 0.1) is 6.92 Å². The van der Waals surface area contributed by atoms with E-state index in [1.165, 1.54) is 11.1 Å². The Bertz CT molecular complexity index is 580. The largest absolute Gasteiger partial charge is 0.427 e. The number of benzene rings is 2. The molecule has 0 aliphatic heterocycles. The van der Waals surface area contributed by atoms with E-state index in [0.717, 1.165) is 5.56 Å². The number of rotatable bonds is 5. The number of esters is 1. The van der Waals surface area contributed by atoms with Crippen molar-refractivity contribution < 1.29 is 9.53 Å². The SMILES string of the molecule is Cc1ccc(OC(=O)CCc2ccc(C(C)C)cc2)cc1. The molecule has 0 bridgehead atoms. The monoisotopic (exact) mass is 282 g/mol. The first kappa shape index (κ1) is 15.3. The van der Waals surface area contributed by atoms with Crippen LogP contribution in [0.2, 0.25) is 0 Å². The summed E-state index contributed by atoms with van der Waals surface area (Å²) in [6.45, 7) is 6.36. The number of carbonyl (C=O) groups excluding carboxylic acids is 1. The van der Waals surface area contributed by atoms with Crippen LogP contribution < -0.4 is 4.74 Å². The molecule has 0 atom stereocenters. The highest BCUT2D eigenvalue weighted by molar-refractivity contribution is 5.72. The summed E-state index contributed by atoms with van der Waals surface area (Å²) in [5.41, 5.74) is 3.64. The van der Waals surface area contributed by atoms with Crippen LogP contribution in [0.5, 0.6) is 5.75 Å². The van der Waals surface area contributed by atoms with Crippen LogP contribution in [0.3, 0.4) is 0 Å². The summed E-state index contributed by atoms with van der Waals surface area (Å²) in [6.07, 6.45) is 1.11. The standard InChI is InChI=1S/C19H22O2/c1-14(2)17-9-6-16(7-10-17)8-13-19(20)21-18-11-4-15(3)5-12-18/h4-7,9-12,14H,8,13H2,1-3H3. The minimum atomic E-state index is -0.188. The Morgan fingerprint density at radius 3 is 2.19 bits per heavy atom. The fraction of sp³-hybridized carbons (Fsp3) is 0.316. The second-order valence-corrected chi connectivity index (χ2v) is 5.68. The zero-order chi connectivity index (χ0) is 15.2. The Morgan fingerprint density at radius 2 is 1.62 bits per heavy atom. The molecular weight excluding hydrogens is 260 g/mol. The van der Waals surface area contributed by atoms with Crippen LogP contribution in [0.15, 0.2) is 48.5 Å². The van der Waals surface area contributed by atoms with Crippen molar-refractivity contribution in [3.63, 3.8) is 0 Å². The molecule has 2 aromatic rings. The highest BCUT2D eigenvalue weighted by Gasteiger charge is 2.06. The van der Waals surface area contributed by atoms with Crippen molar-refractivity contribution in [2.24, 2.45) is 0 Å². The zero-order valence-electron chi connectivity index (χ0n) is 12.9. The van der Waals surface area contributed by atoms with E-state index in [2.05, 4.69) is 38.1 Å². The lowest BCUT2D eigenvalue weighted by atomic mass is 10.0. The third-order valence-corrected chi connectivity index (χ3v) is 3.52. The first-order valence-electron chi connectivity index (χ1n) is 7.41. The van der Waals surface area contributed by atoms with Crippen LogP contribution in [0.4, 0.5) is 0 Å². The number of hydrogen-bond donors (Lipinski definition) is 0. The summed E-state index contributed by atoms with van der Waals surface area (Å²) in [4.78, 5) is 11.8. The molecule has 2 aromatic carbocycles. The van der Waals surface area contributed by atoms with E-state index in [1.807, 2.05) is 31.2 Å². The summed E-state index contributed by atoms with van der Waals surface area (Å²) < 4.78 is 5.31. The van der Waals surface area contributed by atoms with E-state index in [-0.39, 0.29) is 5.97 Å². The Kier molecular flexibility index (Phi) is 5.15. The van der Waals surface area contributed by atoms with Gasteiger partial charge in [0.15, 0.2) is 0 Å². The van der Waals surface area contributed by atoms with Gasteiger partial charge in [-0.15, -0.1) is 0 Å². The van der Waals surface area contributed by atoms with Crippen LogP contribution in [-0.4, -0.2) is 5.97 Å². The van der Waals surface area contributed by atoms with Gasteiger partial charge in [0.1, 0.15) is 5.75 Å². The van der Waals surface area contributed by atoms with Crippen molar-refractivity contribution >= 4 is 5.97 Å². The number of hydrogen-bond acceptors (Lipinski definition) is 2. The lowest BCUT2D eigenvalue weighted by Crippen LogP contribution is -2.09. The fourth-order valence-electron chi connectivity index (χ4n) is 2.10. The highest BCUT2D eigenvalue weighted by Crippen LogP contribution is 2.16. The van der Waals surface area contributed by atoms with Gasteiger partial charge in [-0.2, -0.15) is 0 Å². The molecule has 0 N–H and O–H groups in total. The summed E-state index contributed by atoms with van der Waals surface area (Å²) in [6, 6.07) is 16.0. The van der Waals surface area contributed by atoms with Gasteiger partial charge < -0.3 is 4.74 Å². The Balaban J connectivity index is 1.84. The molecule has 0 unspecified atom stereocenters. The van der Waals surface area contributed by atoms with E-state index in [1.54, 1.807) is 0 Å². The van der Waals surface area contributed by atoms with Gasteiger partial charge in [-0.3, -0.25) is 4.79 Å². The fourth-order valence-corrected chi connectivity index (χ4v) is 2.10. The maximum Gasteiger partial charge on any atom is 0.311 e. The van der Waals surface area contributed by atoms with Gasteiger partial charge in [-0.05, 0) is 42.5 Å². The lowest BCUT2D eigenvalue weighted by Gasteiger charge is -2.07. The van der Waals surface area contributed by atoms with Crippen molar-refractivity contribution in [2.45, 2.75) is 39.5 Å². The molecule has 0 saturated carbocycles. The molecule has 0 aromatic heterocycles. The van der Waals surface area contributed by atoms with E-state index in [0.29, 0.717) is 24.5 Å². The predicted molar refractivity (Wildman–Crippen MR) is 85.7 cm³/mol. The molecule has 21 heavy (non-hydrogen) atoms. The van der Waals surface area contributed by atoms with Crippen LogP contribution >= 0.6 is 0 Å². The second kappa shape index (κ2) is 7.07. The van der Waals surface area contributed by atoms with E-state index < -0.39 is 0 Å². The maximum absolute atomic E-state index is 11.8. The van der Waals surface area contributed by atoms with Crippen molar-refractivity contribution in [2.75, 3.05) is 0 Å². The molecule has 0 heterocycles. The summed E-state index contributed by atoms with van der Waals surface area (Å²) in [7, 11) is 0. The minimum absolute atomic E-state index is 0.188. The minimum Gasteiger partial charge on any atom is -0.427 e. The van der Waals surface area contributed by atoms with E-state index in [9.17, 15) is 4.79 Å². The van der Waals surface area contributed by atoms with Gasteiger partial charge >= 0.3 is 5.97 Å². The molecule has 2 rings (SSSR count). The van der Waals surface area contributed by atoms with Crippen molar-refractivity contribution in [3.05, 3.63) is 65.2 Å². The molecule has 0 aliphatic rings.